The van der Waals surface area contributed by atoms with E-state index in [0.717, 1.165) is 0 Å². The number of hydrogen-bond donors (Lipinski definition) is 1. The van der Waals surface area contributed by atoms with Crippen molar-refractivity contribution < 1.29 is 28.6 Å². The lowest BCUT2D eigenvalue weighted by molar-refractivity contribution is -0.149. The van der Waals surface area contributed by atoms with Crippen LogP contribution in [0.3, 0.4) is 0 Å². The van der Waals surface area contributed by atoms with Gasteiger partial charge in [-0.2, -0.15) is 0 Å². The lowest BCUT2D eigenvalue weighted by Crippen LogP contribution is -2.44. The number of rotatable bonds is 6. The zero-order chi connectivity index (χ0) is 19.2. The summed E-state index contributed by atoms with van der Waals surface area (Å²) in [5.41, 5.74) is 1.09. The highest BCUT2D eigenvalue weighted by molar-refractivity contribution is 6.10. The topological polar surface area (TPSA) is 94.2 Å². The Labute approximate surface area is 155 Å². The molecule has 2 aromatic carbocycles. The predicted octanol–water partition coefficient (Wildman–Crippen LogP) is 1.60. The molecule has 3 rings (SSSR count). The standard InChI is InChI=1S/C19H18N2O6/c1-25-15-8-4-5-9-16(15)26-12-19(24)27-11-18(23)21-10-17(22)20-13-6-2-3-7-14(13)21/h2-9H,10-12H2,1H3,(H,20,22). The minimum atomic E-state index is -0.705. The number of methoxy groups -OCH3 is 1. The number of esters is 1. The van der Waals surface area contributed by atoms with Crippen LogP contribution in [-0.4, -0.2) is 44.7 Å². The number of fused-ring (bicyclic) bond motifs is 1. The molecule has 0 saturated carbocycles. The van der Waals surface area contributed by atoms with E-state index in [1.54, 1.807) is 48.5 Å². The van der Waals surface area contributed by atoms with Crippen LogP contribution in [0.1, 0.15) is 0 Å². The molecular formula is C19H18N2O6. The van der Waals surface area contributed by atoms with E-state index in [1.165, 1.54) is 12.0 Å². The average molecular weight is 370 g/mol. The molecule has 8 heteroatoms. The molecule has 1 heterocycles. The average Bonchev–Trinajstić information content (AvgIpc) is 2.69. The zero-order valence-corrected chi connectivity index (χ0v) is 14.6. The van der Waals surface area contributed by atoms with Crippen LogP contribution in [0, 0.1) is 0 Å². The van der Waals surface area contributed by atoms with Crippen LogP contribution in [0.15, 0.2) is 48.5 Å². The summed E-state index contributed by atoms with van der Waals surface area (Å²) in [5, 5.41) is 2.69. The molecule has 8 nitrogen and oxygen atoms in total. The Bertz CT molecular complexity index is 867. The van der Waals surface area contributed by atoms with Crippen molar-refractivity contribution in [3.8, 4) is 11.5 Å². The minimum Gasteiger partial charge on any atom is -0.493 e. The van der Waals surface area contributed by atoms with Crippen LogP contribution in [0.25, 0.3) is 0 Å². The molecule has 0 unspecified atom stereocenters. The Kier molecular flexibility index (Phi) is 5.55. The molecule has 2 amide bonds. The molecule has 0 spiro atoms. The fraction of sp³-hybridized carbons (Fsp3) is 0.211. The Morgan fingerprint density at radius 2 is 1.74 bits per heavy atom. The minimum absolute atomic E-state index is 0.134. The van der Waals surface area contributed by atoms with E-state index in [2.05, 4.69) is 5.32 Å². The summed E-state index contributed by atoms with van der Waals surface area (Å²) in [5.74, 6) is -0.637. The summed E-state index contributed by atoms with van der Waals surface area (Å²) in [6.07, 6.45) is 0. The van der Waals surface area contributed by atoms with Crippen LogP contribution in [0.4, 0.5) is 11.4 Å². The van der Waals surface area contributed by atoms with Gasteiger partial charge in [0, 0.05) is 0 Å². The van der Waals surface area contributed by atoms with Crippen molar-refractivity contribution in [2.45, 2.75) is 0 Å². The third-order valence-corrected chi connectivity index (χ3v) is 3.84. The first-order valence-electron chi connectivity index (χ1n) is 8.19. The fourth-order valence-corrected chi connectivity index (χ4v) is 2.59. The fourth-order valence-electron chi connectivity index (χ4n) is 2.59. The molecule has 0 radical (unpaired) electrons. The van der Waals surface area contributed by atoms with Crippen molar-refractivity contribution in [3.05, 3.63) is 48.5 Å². The van der Waals surface area contributed by atoms with Gasteiger partial charge in [-0.15, -0.1) is 0 Å². The number of nitrogens with one attached hydrogen (secondary N) is 1. The molecule has 0 saturated heterocycles. The molecular weight excluding hydrogens is 352 g/mol. The Morgan fingerprint density at radius 1 is 1.04 bits per heavy atom. The van der Waals surface area contributed by atoms with Gasteiger partial charge >= 0.3 is 5.97 Å². The van der Waals surface area contributed by atoms with Crippen molar-refractivity contribution >= 4 is 29.2 Å². The van der Waals surface area contributed by atoms with Crippen LogP contribution in [0.5, 0.6) is 11.5 Å². The Balaban J connectivity index is 1.55. The summed E-state index contributed by atoms with van der Waals surface area (Å²) in [6, 6.07) is 13.8. The van der Waals surface area contributed by atoms with Crippen molar-refractivity contribution in [2.24, 2.45) is 0 Å². The smallest absolute Gasteiger partial charge is 0.344 e. The predicted molar refractivity (Wildman–Crippen MR) is 96.9 cm³/mol. The van der Waals surface area contributed by atoms with E-state index in [4.69, 9.17) is 14.2 Å². The number of amides is 2. The number of benzene rings is 2. The van der Waals surface area contributed by atoms with Gasteiger partial charge in [-0.1, -0.05) is 24.3 Å². The molecule has 0 fully saturated rings. The van der Waals surface area contributed by atoms with E-state index in [-0.39, 0.29) is 19.1 Å². The maximum absolute atomic E-state index is 12.4. The monoisotopic (exact) mass is 370 g/mol. The molecule has 0 aliphatic carbocycles. The number of ether oxygens (including phenoxy) is 3. The second-order valence-electron chi connectivity index (χ2n) is 5.65. The van der Waals surface area contributed by atoms with Gasteiger partial charge < -0.3 is 19.5 Å². The lowest BCUT2D eigenvalue weighted by atomic mass is 10.2. The van der Waals surface area contributed by atoms with Crippen LogP contribution < -0.4 is 19.7 Å². The molecule has 140 valence electrons. The molecule has 0 aromatic heterocycles. The van der Waals surface area contributed by atoms with E-state index in [9.17, 15) is 14.4 Å². The molecule has 27 heavy (non-hydrogen) atoms. The first-order chi connectivity index (χ1) is 13.1. The number of anilines is 2. The van der Waals surface area contributed by atoms with Gasteiger partial charge in [0.05, 0.1) is 18.5 Å². The number of carbonyl (C=O) groups is 3. The van der Waals surface area contributed by atoms with Gasteiger partial charge in [0.1, 0.15) is 6.54 Å². The van der Waals surface area contributed by atoms with Crippen molar-refractivity contribution in [1.82, 2.24) is 0 Å². The molecule has 1 aliphatic heterocycles. The van der Waals surface area contributed by atoms with Gasteiger partial charge in [0.15, 0.2) is 24.7 Å². The number of hydrogen-bond acceptors (Lipinski definition) is 6. The van der Waals surface area contributed by atoms with Crippen LogP contribution in [0.2, 0.25) is 0 Å². The van der Waals surface area contributed by atoms with Gasteiger partial charge in [-0.3, -0.25) is 14.5 Å². The molecule has 0 atom stereocenters. The molecule has 0 bridgehead atoms. The van der Waals surface area contributed by atoms with Crippen molar-refractivity contribution in [1.29, 1.82) is 0 Å². The summed E-state index contributed by atoms with van der Waals surface area (Å²) in [6.45, 7) is -0.994. The third-order valence-electron chi connectivity index (χ3n) is 3.84. The van der Waals surface area contributed by atoms with Gasteiger partial charge in [0.2, 0.25) is 5.91 Å². The SMILES string of the molecule is COc1ccccc1OCC(=O)OCC(=O)N1CC(=O)Nc2ccccc21. The van der Waals surface area contributed by atoms with Gasteiger partial charge in [0.25, 0.3) is 5.91 Å². The van der Waals surface area contributed by atoms with E-state index < -0.39 is 18.5 Å². The summed E-state index contributed by atoms with van der Waals surface area (Å²) >= 11 is 0. The maximum Gasteiger partial charge on any atom is 0.344 e. The van der Waals surface area contributed by atoms with E-state index in [0.29, 0.717) is 22.9 Å². The normalized spacial score (nSPS) is 12.6. The number of nitrogens with zero attached hydrogens (tertiary/aromatic N) is 1. The quantitative estimate of drug-likeness (QED) is 0.777. The highest BCUT2D eigenvalue weighted by Gasteiger charge is 2.27. The van der Waals surface area contributed by atoms with Gasteiger partial charge in [-0.05, 0) is 24.3 Å². The Hall–Kier alpha value is -3.55. The molecule has 2 aromatic rings. The largest absolute Gasteiger partial charge is 0.493 e. The van der Waals surface area contributed by atoms with Crippen molar-refractivity contribution in [3.63, 3.8) is 0 Å². The van der Waals surface area contributed by atoms with Crippen LogP contribution in [-0.2, 0) is 19.1 Å². The third kappa shape index (κ3) is 4.35. The first kappa shape index (κ1) is 18.2. The first-order valence-corrected chi connectivity index (χ1v) is 8.19. The van der Waals surface area contributed by atoms with E-state index >= 15 is 0 Å². The summed E-state index contributed by atoms with van der Waals surface area (Å²) in [7, 11) is 1.49. The summed E-state index contributed by atoms with van der Waals surface area (Å²) < 4.78 is 15.4. The summed E-state index contributed by atoms with van der Waals surface area (Å²) in [4.78, 5) is 37.3. The maximum atomic E-state index is 12.4. The second kappa shape index (κ2) is 8.22. The molecule has 1 N–H and O–H groups in total. The zero-order valence-electron chi connectivity index (χ0n) is 14.6. The van der Waals surface area contributed by atoms with Crippen LogP contribution >= 0.6 is 0 Å². The lowest BCUT2D eigenvalue weighted by Gasteiger charge is -2.28. The number of carbonyl (C=O) groups excluding carboxylic acids is 3. The second-order valence-corrected chi connectivity index (χ2v) is 5.65. The van der Waals surface area contributed by atoms with Gasteiger partial charge in [-0.25, -0.2) is 4.79 Å². The van der Waals surface area contributed by atoms with Crippen molar-refractivity contribution in [2.75, 3.05) is 37.1 Å². The Morgan fingerprint density at radius 3 is 2.52 bits per heavy atom. The molecule has 1 aliphatic rings. The van der Waals surface area contributed by atoms with E-state index in [1.807, 2.05) is 0 Å². The highest BCUT2D eigenvalue weighted by atomic mass is 16.6. The number of para-hydroxylation sites is 4. The highest BCUT2D eigenvalue weighted by Crippen LogP contribution is 2.29.